The van der Waals surface area contributed by atoms with E-state index in [1.807, 2.05) is 0 Å². The number of hydrogen-bond acceptors (Lipinski definition) is 4. The maximum absolute atomic E-state index is 12.1. The molecule has 0 aliphatic rings. The molecular weight excluding hydrogens is 288 g/mol. The molecule has 116 valence electrons. The Morgan fingerprint density at radius 3 is 2.77 bits per heavy atom. The van der Waals surface area contributed by atoms with Crippen LogP contribution in [0, 0.1) is 0 Å². The van der Waals surface area contributed by atoms with Crippen LogP contribution in [-0.2, 0) is 9.53 Å². The minimum Gasteiger partial charge on any atom is -0.480 e. The average Bonchev–Trinajstić information content (AvgIpc) is 2.50. The van der Waals surface area contributed by atoms with Gasteiger partial charge in [0.1, 0.15) is 11.7 Å². The van der Waals surface area contributed by atoms with Crippen LogP contribution in [0.25, 0.3) is 10.8 Å². The summed E-state index contributed by atoms with van der Waals surface area (Å²) in [5.41, 5.74) is -0.376. The number of fused-ring (bicyclic) bond motifs is 1. The summed E-state index contributed by atoms with van der Waals surface area (Å²) in [4.78, 5) is 37.6. The van der Waals surface area contributed by atoms with E-state index in [-0.39, 0.29) is 18.7 Å². The number of rotatable bonds is 6. The average molecular weight is 304 g/mol. The number of carboxylic acids is 1. The molecule has 0 spiro atoms. The molecule has 7 nitrogen and oxygen atoms in total. The first-order chi connectivity index (χ1) is 10.5. The molecule has 1 amide bonds. The SMILES string of the molecule is COCCC(NC(=O)c1cc2ccccc2c(=O)[nH]1)C(=O)O. The Morgan fingerprint density at radius 1 is 1.36 bits per heavy atom. The molecule has 0 aliphatic carbocycles. The fraction of sp³-hybridized carbons (Fsp3) is 0.267. The van der Waals surface area contributed by atoms with Crippen molar-refractivity contribution < 1.29 is 19.4 Å². The van der Waals surface area contributed by atoms with Crippen LogP contribution >= 0.6 is 0 Å². The summed E-state index contributed by atoms with van der Waals surface area (Å²) in [7, 11) is 1.45. The highest BCUT2D eigenvalue weighted by molar-refractivity contribution is 5.98. The van der Waals surface area contributed by atoms with Crippen LogP contribution in [0.15, 0.2) is 35.1 Å². The van der Waals surface area contributed by atoms with Gasteiger partial charge in [-0.15, -0.1) is 0 Å². The first-order valence-electron chi connectivity index (χ1n) is 6.67. The molecule has 0 fully saturated rings. The molecule has 1 heterocycles. The molecule has 1 aromatic heterocycles. The number of methoxy groups -OCH3 is 1. The van der Waals surface area contributed by atoms with Gasteiger partial charge in [0.2, 0.25) is 0 Å². The van der Waals surface area contributed by atoms with Crippen molar-refractivity contribution in [1.82, 2.24) is 10.3 Å². The predicted octanol–water partition coefficient (Wildman–Crippen LogP) is 0.748. The molecule has 22 heavy (non-hydrogen) atoms. The van der Waals surface area contributed by atoms with Crippen molar-refractivity contribution in [3.63, 3.8) is 0 Å². The summed E-state index contributed by atoms with van der Waals surface area (Å²) >= 11 is 0. The lowest BCUT2D eigenvalue weighted by Crippen LogP contribution is -2.42. The van der Waals surface area contributed by atoms with Crippen LogP contribution in [0.3, 0.4) is 0 Å². The van der Waals surface area contributed by atoms with Crippen molar-refractivity contribution in [2.24, 2.45) is 0 Å². The van der Waals surface area contributed by atoms with Crippen LogP contribution in [0.2, 0.25) is 0 Å². The smallest absolute Gasteiger partial charge is 0.326 e. The third-order valence-corrected chi connectivity index (χ3v) is 3.21. The van der Waals surface area contributed by atoms with Gasteiger partial charge in [-0.2, -0.15) is 0 Å². The van der Waals surface area contributed by atoms with Gasteiger partial charge >= 0.3 is 5.97 Å². The normalized spacial score (nSPS) is 12.0. The minimum atomic E-state index is -1.16. The Labute approximate surface area is 125 Å². The number of aliphatic carboxylic acids is 1. The van der Waals surface area contributed by atoms with Crippen molar-refractivity contribution in [2.75, 3.05) is 13.7 Å². The van der Waals surface area contributed by atoms with Gasteiger partial charge < -0.3 is 20.1 Å². The fourth-order valence-electron chi connectivity index (χ4n) is 2.06. The second-order valence-corrected chi connectivity index (χ2v) is 4.75. The van der Waals surface area contributed by atoms with E-state index < -0.39 is 23.5 Å². The Kier molecular flexibility index (Phi) is 4.90. The lowest BCUT2D eigenvalue weighted by molar-refractivity contribution is -0.139. The van der Waals surface area contributed by atoms with Crippen molar-refractivity contribution in [1.29, 1.82) is 0 Å². The summed E-state index contributed by atoms with van der Waals surface area (Å²) in [5, 5.41) is 12.5. The standard InChI is InChI=1S/C15H16N2O5/c1-22-7-6-11(15(20)21)16-14(19)12-8-9-4-2-3-5-10(9)13(18)17-12/h2-5,8,11H,6-7H2,1H3,(H,16,19)(H,17,18)(H,20,21). The zero-order valence-corrected chi connectivity index (χ0v) is 12.0. The van der Waals surface area contributed by atoms with E-state index >= 15 is 0 Å². The minimum absolute atomic E-state index is 0.0207. The zero-order chi connectivity index (χ0) is 16.1. The van der Waals surface area contributed by atoms with Gasteiger partial charge in [-0.1, -0.05) is 18.2 Å². The fourth-order valence-corrected chi connectivity index (χ4v) is 2.06. The van der Waals surface area contributed by atoms with Gasteiger partial charge in [0, 0.05) is 25.5 Å². The second kappa shape index (κ2) is 6.86. The maximum atomic E-state index is 12.1. The highest BCUT2D eigenvalue weighted by atomic mass is 16.5. The lowest BCUT2D eigenvalue weighted by Gasteiger charge is -2.14. The molecule has 1 unspecified atom stereocenters. The van der Waals surface area contributed by atoms with E-state index in [1.54, 1.807) is 24.3 Å². The highest BCUT2D eigenvalue weighted by Crippen LogP contribution is 2.10. The highest BCUT2D eigenvalue weighted by Gasteiger charge is 2.21. The number of pyridine rings is 1. The van der Waals surface area contributed by atoms with E-state index in [9.17, 15) is 14.4 Å². The monoisotopic (exact) mass is 304 g/mol. The quantitative estimate of drug-likeness (QED) is 0.729. The zero-order valence-electron chi connectivity index (χ0n) is 12.0. The summed E-state index contributed by atoms with van der Waals surface area (Å²) in [6.07, 6.45) is 0.134. The number of aromatic amines is 1. The Bertz CT molecular complexity index is 753. The van der Waals surface area contributed by atoms with Crippen molar-refractivity contribution >= 4 is 22.6 Å². The number of ether oxygens (including phenoxy) is 1. The van der Waals surface area contributed by atoms with E-state index in [1.165, 1.54) is 13.2 Å². The van der Waals surface area contributed by atoms with E-state index in [0.717, 1.165) is 0 Å². The van der Waals surface area contributed by atoms with Gasteiger partial charge in [0.15, 0.2) is 0 Å². The molecule has 1 atom stereocenters. The van der Waals surface area contributed by atoms with Gasteiger partial charge in [-0.25, -0.2) is 4.79 Å². The van der Waals surface area contributed by atoms with Gasteiger partial charge in [-0.3, -0.25) is 9.59 Å². The maximum Gasteiger partial charge on any atom is 0.326 e. The number of carbonyl (C=O) groups excluding carboxylic acids is 1. The van der Waals surface area contributed by atoms with E-state index in [4.69, 9.17) is 9.84 Å². The third-order valence-electron chi connectivity index (χ3n) is 3.21. The number of carboxylic acid groups (broad SMARTS) is 1. The summed E-state index contributed by atoms with van der Waals surface area (Å²) in [5.74, 6) is -1.81. The van der Waals surface area contributed by atoms with Gasteiger partial charge in [0.25, 0.3) is 11.5 Å². The molecule has 0 bridgehead atoms. The number of nitrogens with one attached hydrogen (secondary N) is 2. The molecule has 0 radical (unpaired) electrons. The first kappa shape index (κ1) is 15.7. The molecule has 2 aromatic rings. The van der Waals surface area contributed by atoms with Gasteiger partial charge in [-0.05, 0) is 17.5 Å². The van der Waals surface area contributed by atoms with Crippen molar-refractivity contribution in [2.45, 2.75) is 12.5 Å². The largest absolute Gasteiger partial charge is 0.480 e. The van der Waals surface area contributed by atoms with Crippen molar-refractivity contribution in [3.8, 4) is 0 Å². The number of amides is 1. The number of hydrogen-bond donors (Lipinski definition) is 3. The lowest BCUT2D eigenvalue weighted by atomic mass is 10.1. The van der Waals surface area contributed by atoms with Crippen LogP contribution in [0.4, 0.5) is 0 Å². The van der Waals surface area contributed by atoms with Crippen LogP contribution in [-0.4, -0.2) is 41.7 Å². The van der Waals surface area contributed by atoms with E-state index in [2.05, 4.69) is 10.3 Å². The molecule has 2 rings (SSSR count). The Balaban J connectivity index is 2.25. The van der Waals surface area contributed by atoms with Gasteiger partial charge in [0.05, 0.1) is 0 Å². The number of benzene rings is 1. The molecule has 0 saturated carbocycles. The summed E-state index contributed by atoms with van der Waals surface area (Å²) < 4.78 is 4.81. The predicted molar refractivity (Wildman–Crippen MR) is 80.0 cm³/mol. The third kappa shape index (κ3) is 3.50. The van der Waals surface area contributed by atoms with E-state index in [0.29, 0.717) is 10.8 Å². The summed E-state index contributed by atoms with van der Waals surface area (Å²) in [6, 6.07) is 7.27. The van der Waals surface area contributed by atoms with Crippen LogP contribution < -0.4 is 10.9 Å². The van der Waals surface area contributed by atoms with Crippen molar-refractivity contribution in [3.05, 3.63) is 46.4 Å². The summed E-state index contributed by atoms with van der Waals surface area (Å²) in [6.45, 7) is 0.200. The Morgan fingerprint density at radius 2 is 2.09 bits per heavy atom. The topological polar surface area (TPSA) is 108 Å². The number of carbonyl (C=O) groups is 2. The van der Waals surface area contributed by atoms with Crippen LogP contribution in [0.5, 0.6) is 0 Å². The number of H-pyrrole nitrogens is 1. The molecular formula is C15H16N2O5. The number of aromatic nitrogens is 1. The molecule has 1 aromatic carbocycles. The molecule has 0 saturated heterocycles. The second-order valence-electron chi connectivity index (χ2n) is 4.75. The van der Waals surface area contributed by atoms with Crippen LogP contribution in [0.1, 0.15) is 16.9 Å². The molecule has 3 N–H and O–H groups in total. The molecule has 0 aliphatic heterocycles. The molecule has 7 heteroatoms. The first-order valence-corrected chi connectivity index (χ1v) is 6.67. The Hall–Kier alpha value is -2.67.